The predicted octanol–water partition coefficient (Wildman–Crippen LogP) is 2.32. The smallest absolute Gasteiger partial charge is 0.243 e. The highest BCUT2D eigenvalue weighted by Crippen LogP contribution is 2.32. The van der Waals surface area contributed by atoms with Gasteiger partial charge in [-0.2, -0.15) is 5.26 Å². The lowest BCUT2D eigenvalue weighted by Gasteiger charge is -2.27. The summed E-state index contributed by atoms with van der Waals surface area (Å²) in [5.41, 5.74) is -0.963. The van der Waals surface area contributed by atoms with Crippen LogP contribution in [0.5, 0.6) is 0 Å². The standard InChI is InChI=1S/C13H16N2O2/c1-13(2,9-14)12(16)15(10-5-6-10)8-11-4-3-7-17-11/h3-4,7,10H,5-6,8H2,1-2H3. The first kappa shape index (κ1) is 11.7. The number of nitrogens with zero attached hydrogens (tertiary/aromatic N) is 2. The van der Waals surface area contributed by atoms with Crippen LogP contribution in [0.25, 0.3) is 0 Å². The molecule has 1 aliphatic carbocycles. The summed E-state index contributed by atoms with van der Waals surface area (Å²) < 4.78 is 5.26. The molecule has 1 aliphatic rings. The van der Waals surface area contributed by atoms with Gasteiger partial charge in [0.05, 0.1) is 18.9 Å². The molecule has 17 heavy (non-hydrogen) atoms. The number of hydrogen-bond donors (Lipinski definition) is 0. The molecule has 1 aromatic heterocycles. The highest BCUT2D eigenvalue weighted by molar-refractivity contribution is 5.85. The fraction of sp³-hybridized carbons (Fsp3) is 0.538. The third-order valence-electron chi connectivity index (χ3n) is 2.97. The molecule has 1 saturated carbocycles. The Bertz CT molecular complexity index is 438. The first-order valence-corrected chi connectivity index (χ1v) is 5.79. The molecule has 0 aromatic carbocycles. The van der Waals surface area contributed by atoms with E-state index in [2.05, 4.69) is 6.07 Å². The van der Waals surface area contributed by atoms with Crippen molar-refractivity contribution in [2.45, 2.75) is 39.3 Å². The molecule has 0 saturated heterocycles. The molecule has 4 nitrogen and oxygen atoms in total. The highest BCUT2D eigenvalue weighted by Gasteiger charge is 2.40. The molecular weight excluding hydrogens is 216 g/mol. The number of carbonyl (C=O) groups is 1. The topological polar surface area (TPSA) is 57.2 Å². The molecule has 1 aromatic rings. The zero-order valence-electron chi connectivity index (χ0n) is 10.1. The fourth-order valence-corrected chi connectivity index (χ4v) is 1.73. The van der Waals surface area contributed by atoms with E-state index in [0.717, 1.165) is 18.6 Å². The van der Waals surface area contributed by atoms with Gasteiger partial charge in [0.2, 0.25) is 5.91 Å². The Hall–Kier alpha value is -1.76. The first-order valence-electron chi connectivity index (χ1n) is 5.79. The van der Waals surface area contributed by atoms with E-state index in [4.69, 9.17) is 9.68 Å². The number of rotatable bonds is 4. The molecule has 1 fully saturated rings. The van der Waals surface area contributed by atoms with Gasteiger partial charge in [-0.1, -0.05) is 0 Å². The summed E-state index contributed by atoms with van der Waals surface area (Å²) in [4.78, 5) is 14.0. The van der Waals surface area contributed by atoms with Gasteiger partial charge in [0.1, 0.15) is 11.2 Å². The van der Waals surface area contributed by atoms with Gasteiger partial charge in [-0.3, -0.25) is 4.79 Å². The number of nitriles is 1. The monoisotopic (exact) mass is 232 g/mol. The van der Waals surface area contributed by atoms with Gasteiger partial charge < -0.3 is 9.32 Å². The van der Waals surface area contributed by atoms with Crippen LogP contribution in [0.2, 0.25) is 0 Å². The van der Waals surface area contributed by atoms with E-state index in [1.54, 1.807) is 31.1 Å². The van der Waals surface area contributed by atoms with Crippen LogP contribution >= 0.6 is 0 Å². The lowest BCUT2D eigenvalue weighted by Crippen LogP contribution is -2.41. The van der Waals surface area contributed by atoms with Crippen LogP contribution in [0.1, 0.15) is 32.4 Å². The van der Waals surface area contributed by atoms with Crippen LogP contribution in [0.3, 0.4) is 0 Å². The Morgan fingerprint density at radius 3 is 2.82 bits per heavy atom. The van der Waals surface area contributed by atoms with Gasteiger partial charge in [0, 0.05) is 6.04 Å². The minimum atomic E-state index is -0.963. The van der Waals surface area contributed by atoms with Crippen LogP contribution < -0.4 is 0 Å². The summed E-state index contributed by atoms with van der Waals surface area (Å²) >= 11 is 0. The normalized spacial score (nSPS) is 15.4. The van der Waals surface area contributed by atoms with Crippen LogP contribution in [0.4, 0.5) is 0 Å². The van der Waals surface area contributed by atoms with E-state index in [1.807, 2.05) is 6.07 Å². The van der Waals surface area contributed by atoms with Crippen LogP contribution in [0.15, 0.2) is 22.8 Å². The summed E-state index contributed by atoms with van der Waals surface area (Å²) in [7, 11) is 0. The van der Waals surface area contributed by atoms with E-state index in [1.165, 1.54) is 0 Å². The molecule has 0 unspecified atom stereocenters. The van der Waals surface area contributed by atoms with Crippen molar-refractivity contribution in [3.05, 3.63) is 24.2 Å². The van der Waals surface area contributed by atoms with Crippen LogP contribution in [-0.4, -0.2) is 16.8 Å². The molecule has 1 heterocycles. The van der Waals surface area contributed by atoms with Crippen molar-refractivity contribution in [2.24, 2.45) is 5.41 Å². The summed E-state index contributed by atoms with van der Waals surface area (Å²) in [6.07, 6.45) is 3.64. The largest absolute Gasteiger partial charge is 0.467 e. The number of carbonyl (C=O) groups excluding carboxylic acids is 1. The first-order chi connectivity index (χ1) is 8.04. The maximum absolute atomic E-state index is 12.3. The number of amides is 1. The van der Waals surface area contributed by atoms with Crippen molar-refractivity contribution in [1.29, 1.82) is 5.26 Å². The molecular formula is C13H16N2O2. The maximum Gasteiger partial charge on any atom is 0.243 e. The molecule has 2 rings (SSSR count). The van der Waals surface area contributed by atoms with Gasteiger partial charge in [-0.05, 0) is 38.8 Å². The fourth-order valence-electron chi connectivity index (χ4n) is 1.73. The zero-order valence-corrected chi connectivity index (χ0v) is 10.1. The van der Waals surface area contributed by atoms with Crippen molar-refractivity contribution in [1.82, 2.24) is 4.90 Å². The quantitative estimate of drug-likeness (QED) is 0.800. The molecule has 0 spiro atoms. The molecule has 0 radical (unpaired) electrons. The van der Waals surface area contributed by atoms with Crippen molar-refractivity contribution in [2.75, 3.05) is 0 Å². The molecule has 1 amide bonds. The van der Waals surface area contributed by atoms with Crippen molar-refractivity contribution < 1.29 is 9.21 Å². The molecule has 90 valence electrons. The van der Waals surface area contributed by atoms with Crippen molar-refractivity contribution in [3.63, 3.8) is 0 Å². The lowest BCUT2D eigenvalue weighted by molar-refractivity contribution is -0.139. The second-order valence-electron chi connectivity index (χ2n) is 4.98. The number of furan rings is 1. The maximum atomic E-state index is 12.3. The average molecular weight is 232 g/mol. The summed E-state index contributed by atoms with van der Waals surface area (Å²) in [5, 5.41) is 9.02. The second kappa shape index (κ2) is 4.25. The van der Waals surface area contributed by atoms with Crippen molar-refractivity contribution in [3.8, 4) is 6.07 Å². The second-order valence-corrected chi connectivity index (χ2v) is 4.98. The SMILES string of the molecule is CC(C)(C#N)C(=O)N(Cc1ccco1)C1CC1. The third kappa shape index (κ3) is 2.50. The van der Waals surface area contributed by atoms with E-state index >= 15 is 0 Å². The van der Waals surface area contributed by atoms with Gasteiger partial charge in [-0.25, -0.2) is 0 Å². The van der Waals surface area contributed by atoms with Crippen molar-refractivity contribution >= 4 is 5.91 Å². The Morgan fingerprint density at radius 1 is 1.65 bits per heavy atom. The Labute approximate surface area is 101 Å². The molecule has 0 bridgehead atoms. The van der Waals surface area contributed by atoms with E-state index in [0.29, 0.717) is 6.54 Å². The minimum Gasteiger partial charge on any atom is -0.467 e. The average Bonchev–Trinajstić information content (AvgIpc) is 3.03. The summed E-state index contributed by atoms with van der Waals surface area (Å²) in [6.45, 7) is 3.78. The molecule has 4 heteroatoms. The molecule has 0 N–H and O–H groups in total. The lowest BCUT2D eigenvalue weighted by atomic mass is 9.93. The third-order valence-corrected chi connectivity index (χ3v) is 2.97. The van der Waals surface area contributed by atoms with Gasteiger partial charge in [0.25, 0.3) is 0 Å². The van der Waals surface area contributed by atoms with Gasteiger partial charge in [-0.15, -0.1) is 0 Å². The van der Waals surface area contributed by atoms with Crippen LogP contribution in [-0.2, 0) is 11.3 Å². The van der Waals surface area contributed by atoms with E-state index in [-0.39, 0.29) is 11.9 Å². The van der Waals surface area contributed by atoms with E-state index in [9.17, 15) is 4.79 Å². The number of hydrogen-bond acceptors (Lipinski definition) is 3. The summed E-state index contributed by atoms with van der Waals surface area (Å²) in [6, 6.07) is 6.00. The van der Waals surface area contributed by atoms with Crippen LogP contribution in [0, 0.1) is 16.7 Å². The Morgan fingerprint density at radius 2 is 2.35 bits per heavy atom. The van der Waals surface area contributed by atoms with Gasteiger partial charge >= 0.3 is 0 Å². The Kier molecular flexibility index (Phi) is 2.93. The van der Waals surface area contributed by atoms with E-state index < -0.39 is 5.41 Å². The molecule has 0 aliphatic heterocycles. The molecule has 0 atom stereocenters. The minimum absolute atomic E-state index is 0.112. The predicted molar refractivity (Wildman–Crippen MR) is 61.7 cm³/mol. The van der Waals surface area contributed by atoms with Gasteiger partial charge in [0.15, 0.2) is 0 Å². The highest BCUT2D eigenvalue weighted by atomic mass is 16.3. The summed E-state index contributed by atoms with van der Waals surface area (Å²) in [5.74, 6) is 0.651. The zero-order chi connectivity index (χ0) is 12.5. The Balaban J connectivity index is 2.13.